The van der Waals surface area contributed by atoms with Crippen LogP contribution in [0.1, 0.15) is 23.7 Å². The smallest absolute Gasteiger partial charge is 0.227 e. The summed E-state index contributed by atoms with van der Waals surface area (Å²) >= 11 is 3.31. The van der Waals surface area contributed by atoms with Gasteiger partial charge in [-0.2, -0.15) is 0 Å². The molecular weight excluding hydrogens is 282 g/mol. The van der Waals surface area contributed by atoms with Crippen LogP contribution >= 0.6 is 15.9 Å². The van der Waals surface area contributed by atoms with Crippen LogP contribution in [0.4, 0.5) is 0 Å². The molecule has 0 aliphatic carbocycles. The van der Waals surface area contributed by atoms with Crippen molar-refractivity contribution < 1.29 is 9.59 Å². The number of hydrogen-bond donors (Lipinski definition) is 1. The van der Waals surface area contributed by atoms with Gasteiger partial charge in [0.25, 0.3) is 0 Å². The average molecular weight is 294 g/mol. The fourth-order valence-corrected chi connectivity index (χ4v) is 1.97. The minimum absolute atomic E-state index is 0.0140. The van der Waals surface area contributed by atoms with Crippen molar-refractivity contribution in [1.29, 1.82) is 0 Å². The predicted molar refractivity (Wildman–Crippen MR) is 68.5 cm³/mol. The second kappa shape index (κ2) is 4.84. The first-order valence-electron chi connectivity index (χ1n) is 5.37. The van der Waals surface area contributed by atoms with Crippen molar-refractivity contribution in [3.05, 3.63) is 46.1 Å². The molecule has 1 saturated heterocycles. The maximum absolute atomic E-state index is 11.9. The van der Waals surface area contributed by atoms with E-state index in [-0.39, 0.29) is 17.6 Å². The number of allylic oxidation sites excluding steroid dienone is 2. The van der Waals surface area contributed by atoms with Crippen molar-refractivity contribution in [1.82, 2.24) is 5.32 Å². The van der Waals surface area contributed by atoms with Gasteiger partial charge in [-0.05, 0) is 30.7 Å². The molecule has 17 heavy (non-hydrogen) atoms. The number of carbonyl (C=O) groups excluding carboxylic acids is 2. The van der Waals surface area contributed by atoms with Gasteiger partial charge in [0.2, 0.25) is 5.91 Å². The normalized spacial score (nSPS) is 21.6. The molecule has 2 rings (SSSR count). The summed E-state index contributed by atoms with van der Waals surface area (Å²) in [5.41, 5.74) is 1.32. The minimum Gasteiger partial charge on any atom is -0.329 e. The fraction of sp³-hybridized carbons (Fsp3) is 0.231. The van der Waals surface area contributed by atoms with Gasteiger partial charge < -0.3 is 5.32 Å². The van der Waals surface area contributed by atoms with Gasteiger partial charge >= 0.3 is 0 Å². The van der Waals surface area contributed by atoms with E-state index in [1.165, 1.54) is 6.08 Å². The van der Waals surface area contributed by atoms with E-state index >= 15 is 0 Å². The highest BCUT2D eigenvalue weighted by Gasteiger charge is 2.23. The molecular formula is C13H12BrNO2. The van der Waals surface area contributed by atoms with Crippen molar-refractivity contribution in [2.24, 2.45) is 5.92 Å². The zero-order valence-corrected chi connectivity index (χ0v) is 11.0. The molecule has 1 N–H and O–H groups in total. The number of halogens is 1. The molecule has 1 aromatic rings. The van der Waals surface area contributed by atoms with E-state index in [0.717, 1.165) is 4.47 Å². The van der Waals surface area contributed by atoms with Crippen molar-refractivity contribution in [2.75, 3.05) is 0 Å². The number of nitrogens with one attached hydrogen (secondary N) is 1. The number of amides is 1. The molecule has 1 heterocycles. The van der Waals surface area contributed by atoms with Crippen LogP contribution < -0.4 is 5.32 Å². The lowest BCUT2D eigenvalue weighted by atomic mass is 10.1. The monoisotopic (exact) mass is 293 g/mol. The van der Waals surface area contributed by atoms with Crippen LogP contribution in [0.3, 0.4) is 0 Å². The second-order valence-electron chi connectivity index (χ2n) is 4.14. The quantitative estimate of drug-likeness (QED) is 0.673. The molecule has 1 aromatic carbocycles. The Hall–Kier alpha value is -1.42. The summed E-state index contributed by atoms with van der Waals surface area (Å²) in [6.45, 7) is 1.85. The van der Waals surface area contributed by atoms with Gasteiger partial charge in [0.05, 0.1) is 0 Å². The molecule has 1 aliphatic heterocycles. The molecule has 0 saturated carbocycles. The van der Waals surface area contributed by atoms with Gasteiger partial charge in [-0.1, -0.05) is 22.9 Å². The van der Waals surface area contributed by atoms with E-state index in [1.807, 2.05) is 19.1 Å². The molecule has 4 heteroatoms. The zero-order chi connectivity index (χ0) is 12.4. The topological polar surface area (TPSA) is 46.2 Å². The third-order valence-electron chi connectivity index (χ3n) is 2.69. The lowest BCUT2D eigenvalue weighted by Gasteiger charge is -1.98. The molecule has 3 nitrogen and oxygen atoms in total. The molecule has 1 atom stereocenters. The van der Waals surface area contributed by atoms with Gasteiger partial charge in [-0.15, -0.1) is 0 Å². The summed E-state index contributed by atoms with van der Waals surface area (Å²) in [6.07, 6.45) is 2.12. The van der Waals surface area contributed by atoms with E-state index in [1.54, 1.807) is 12.1 Å². The molecule has 0 aromatic heterocycles. The van der Waals surface area contributed by atoms with Crippen LogP contribution in [0.2, 0.25) is 0 Å². The van der Waals surface area contributed by atoms with Crippen LogP contribution in [0.5, 0.6) is 0 Å². The van der Waals surface area contributed by atoms with Gasteiger partial charge in [0.1, 0.15) is 0 Å². The Morgan fingerprint density at radius 1 is 1.41 bits per heavy atom. The molecule has 0 spiro atoms. The van der Waals surface area contributed by atoms with E-state index < -0.39 is 0 Å². The molecule has 0 radical (unpaired) electrons. The van der Waals surface area contributed by atoms with E-state index in [4.69, 9.17) is 0 Å². The summed E-state index contributed by atoms with van der Waals surface area (Å²) in [6, 6.07) is 7.15. The highest BCUT2D eigenvalue weighted by Crippen LogP contribution is 2.18. The largest absolute Gasteiger partial charge is 0.329 e. The number of rotatable bonds is 2. The average Bonchev–Trinajstić information content (AvgIpc) is 2.58. The van der Waals surface area contributed by atoms with Gasteiger partial charge in [0.15, 0.2) is 5.78 Å². The Kier molecular flexibility index (Phi) is 3.43. The summed E-state index contributed by atoms with van der Waals surface area (Å²) in [5, 5.41) is 2.71. The van der Waals surface area contributed by atoms with Crippen LogP contribution in [0.15, 0.2) is 40.5 Å². The van der Waals surface area contributed by atoms with Crippen LogP contribution in [-0.4, -0.2) is 11.7 Å². The fourth-order valence-electron chi connectivity index (χ4n) is 1.71. The summed E-state index contributed by atoms with van der Waals surface area (Å²) in [5.74, 6) is -0.138. The first-order chi connectivity index (χ1) is 8.06. The first-order valence-corrected chi connectivity index (χ1v) is 6.17. The van der Waals surface area contributed by atoms with E-state index in [2.05, 4.69) is 21.2 Å². The Balaban J connectivity index is 2.14. The molecule has 1 unspecified atom stereocenters. The number of benzene rings is 1. The van der Waals surface area contributed by atoms with Gasteiger partial charge in [0, 0.05) is 27.7 Å². The summed E-state index contributed by atoms with van der Waals surface area (Å²) < 4.78 is 0.935. The van der Waals surface area contributed by atoms with Crippen LogP contribution in [0, 0.1) is 5.92 Å². The van der Waals surface area contributed by atoms with Crippen LogP contribution in [-0.2, 0) is 4.79 Å². The highest BCUT2D eigenvalue weighted by molar-refractivity contribution is 9.10. The van der Waals surface area contributed by atoms with E-state index in [9.17, 15) is 9.59 Å². The van der Waals surface area contributed by atoms with Gasteiger partial charge in [-0.3, -0.25) is 9.59 Å². The second-order valence-corrected chi connectivity index (χ2v) is 5.05. The third kappa shape index (κ3) is 2.82. The number of ketones is 1. The Bertz CT molecular complexity index is 491. The van der Waals surface area contributed by atoms with Gasteiger partial charge in [-0.25, -0.2) is 0 Å². The predicted octanol–water partition coefficient (Wildman–Crippen LogP) is 2.67. The maximum atomic E-state index is 11.9. The molecule has 1 amide bonds. The minimum atomic E-state index is -0.0816. The Morgan fingerprint density at radius 3 is 2.59 bits per heavy atom. The highest BCUT2D eigenvalue weighted by atomic mass is 79.9. The standard InChI is InChI=1S/C13H12BrNO2/c1-8-6-11(15-13(8)17)7-12(16)9-2-4-10(14)5-3-9/h2-5,7-8H,6H2,1H3,(H,15,17)/b11-7-. The lowest BCUT2D eigenvalue weighted by molar-refractivity contribution is -0.121. The van der Waals surface area contributed by atoms with Crippen molar-refractivity contribution in [3.8, 4) is 0 Å². The van der Waals surface area contributed by atoms with E-state index in [0.29, 0.717) is 17.7 Å². The van der Waals surface area contributed by atoms with Crippen molar-refractivity contribution in [3.63, 3.8) is 0 Å². The SMILES string of the molecule is CC1C/C(=C/C(=O)c2ccc(Br)cc2)NC1=O. The summed E-state index contributed by atoms with van der Waals surface area (Å²) in [7, 11) is 0. The van der Waals surface area contributed by atoms with Crippen molar-refractivity contribution >= 4 is 27.6 Å². The lowest BCUT2D eigenvalue weighted by Crippen LogP contribution is -2.16. The summed E-state index contributed by atoms with van der Waals surface area (Å²) in [4.78, 5) is 23.2. The third-order valence-corrected chi connectivity index (χ3v) is 3.22. The Morgan fingerprint density at radius 2 is 2.06 bits per heavy atom. The molecule has 0 bridgehead atoms. The van der Waals surface area contributed by atoms with Crippen LogP contribution in [0.25, 0.3) is 0 Å². The molecule has 1 aliphatic rings. The first kappa shape index (κ1) is 12.0. The zero-order valence-electron chi connectivity index (χ0n) is 9.37. The number of hydrogen-bond acceptors (Lipinski definition) is 2. The Labute approximate surface area is 108 Å². The molecule has 88 valence electrons. The van der Waals surface area contributed by atoms with Crippen molar-refractivity contribution in [2.45, 2.75) is 13.3 Å². The molecule has 1 fully saturated rings. The number of carbonyl (C=O) groups is 2. The maximum Gasteiger partial charge on any atom is 0.227 e.